The highest BCUT2D eigenvalue weighted by Gasteiger charge is 2.34. The van der Waals surface area contributed by atoms with Crippen LogP contribution < -0.4 is 10.3 Å². The standard InChI is InChI=1S/C24H23ClN2O6S/c1-34(31,32)19-8-6-16(7-9-19)26-12-10-18(15-23(26)28)33-17-11-13-27(24(29)30)22(14-17)20-4-2-3-5-21(20)25/h2-10,12,15,17,22H,11,13-14H2,1H3,(H,29,30). The first-order valence-corrected chi connectivity index (χ1v) is 12.8. The van der Waals surface area contributed by atoms with Gasteiger partial charge in [-0.15, -0.1) is 0 Å². The summed E-state index contributed by atoms with van der Waals surface area (Å²) >= 11 is 6.33. The molecule has 178 valence electrons. The van der Waals surface area contributed by atoms with E-state index in [1.54, 1.807) is 36.5 Å². The van der Waals surface area contributed by atoms with Crippen molar-refractivity contribution in [3.63, 3.8) is 0 Å². The van der Waals surface area contributed by atoms with Gasteiger partial charge in [0.1, 0.15) is 11.9 Å². The maximum absolute atomic E-state index is 12.7. The van der Waals surface area contributed by atoms with E-state index < -0.39 is 22.0 Å². The lowest BCUT2D eigenvalue weighted by Crippen LogP contribution is -2.43. The van der Waals surface area contributed by atoms with Crippen LogP contribution in [-0.4, -0.2) is 48.0 Å². The van der Waals surface area contributed by atoms with Gasteiger partial charge in [-0.05, 0) is 42.0 Å². The third-order valence-electron chi connectivity index (χ3n) is 5.80. The molecule has 2 aromatic carbocycles. The fourth-order valence-electron chi connectivity index (χ4n) is 4.10. The van der Waals surface area contributed by atoms with Crippen LogP contribution in [0, 0.1) is 0 Å². The van der Waals surface area contributed by atoms with E-state index in [2.05, 4.69) is 0 Å². The van der Waals surface area contributed by atoms with E-state index >= 15 is 0 Å². The maximum atomic E-state index is 12.7. The first-order valence-electron chi connectivity index (χ1n) is 10.6. The highest BCUT2D eigenvalue weighted by Crippen LogP contribution is 2.36. The van der Waals surface area contributed by atoms with E-state index in [4.69, 9.17) is 16.3 Å². The zero-order chi connectivity index (χ0) is 24.5. The maximum Gasteiger partial charge on any atom is 0.407 e. The van der Waals surface area contributed by atoms with E-state index in [0.29, 0.717) is 34.9 Å². The molecule has 2 heterocycles. The number of sulfone groups is 1. The molecule has 1 aromatic heterocycles. The van der Waals surface area contributed by atoms with Gasteiger partial charge in [0.25, 0.3) is 5.56 Å². The van der Waals surface area contributed by atoms with Gasteiger partial charge in [-0.25, -0.2) is 13.2 Å². The van der Waals surface area contributed by atoms with Gasteiger partial charge in [-0.2, -0.15) is 0 Å². The Balaban J connectivity index is 1.53. The number of carbonyl (C=O) groups is 1. The SMILES string of the molecule is CS(=O)(=O)c1ccc(-n2ccc(OC3CCN(C(=O)O)C(c4ccccc4Cl)C3)cc2=O)cc1. The summed E-state index contributed by atoms with van der Waals surface area (Å²) in [7, 11) is -3.33. The van der Waals surface area contributed by atoms with E-state index in [1.807, 2.05) is 12.1 Å². The van der Waals surface area contributed by atoms with Crippen LogP contribution in [0.15, 0.2) is 76.6 Å². The van der Waals surface area contributed by atoms with Gasteiger partial charge in [-0.3, -0.25) is 9.36 Å². The van der Waals surface area contributed by atoms with Crippen molar-refractivity contribution in [3.8, 4) is 11.4 Å². The fourth-order valence-corrected chi connectivity index (χ4v) is 5.00. The predicted molar refractivity (Wildman–Crippen MR) is 128 cm³/mol. The minimum atomic E-state index is -3.33. The molecule has 0 aliphatic carbocycles. The summed E-state index contributed by atoms with van der Waals surface area (Å²) < 4.78 is 30.7. The number of benzene rings is 2. The van der Waals surface area contributed by atoms with Gasteiger partial charge in [0.05, 0.1) is 10.9 Å². The molecule has 2 unspecified atom stereocenters. The lowest BCUT2D eigenvalue weighted by atomic mass is 9.93. The zero-order valence-corrected chi connectivity index (χ0v) is 19.9. The number of amides is 1. The Labute approximate surface area is 201 Å². The van der Waals surface area contributed by atoms with Gasteiger partial charge in [-0.1, -0.05) is 29.8 Å². The Morgan fingerprint density at radius 3 is 2.44 bits per heavy atom. The molecule has 8 nitrogen and oxygen atoms in total. The molecule has 0 bridgehead atoms. The van der Waals surface area contributed by atoms with Crippen LogP contribution >= 0.6 is 11.6 Å². The van der Waals surface area contributed by atoms with Crippen molar-refractivity contribution in [2.24, 2.45) is 0 Å². The van der Waals surface area contributed by atoms with Crippen LogP contribution in [0.3, 0.4) is 0 Å². The number of ether oxygens (including phenoxy) is 1. The number of nitrogens with zero attached hydrogens (tertiary/aromatic N) is 2. The molecule has 1 aliphatic rings. The van der Waals surface area contributed by atoms with Gasteiger partial charge in [0.2, 0.25) is 0 Å². The molecule has 34 heavy (non-hydrogen) atoms. The number of pyridine rings is 1. The van der Waals surface area contributed by atoms with Crippen molar-refractivity contribution in [1.82, 2.24) is 9.47 Å². The Morgan fingerprint density at radius 2 is 1.82 bits per heavy atom. The summed E-state index contributed by atoms with van der Waals surface area (Å²) in [4.78, 5) is 26.0. The van der Waals surface area contributed by atoms with Crippen molar-refractivity contribution < 1.29 is 23.1 Å². The number of likely N-dealkylation sites (tertiary alicyclic amines) is 1. The summed E-state index contributed by atoms with van der Waals surface area (Å²) in [6.07, 6.45) is 2.23. The van der Waals surface area contributed by atoms with Crippen molar-refractivity contribution in [1.29, 1.82) is 0 Å². The summed E-state index contributed by atoms with van der Waals surface area (Å²) in [5.41, 5.74) is 0.903. The molecule has 4 rings (SSSR count). The number of hydrogen-bond donors (Lipinski definition) is 1. The molecule has 1 aliphatic heterocycles. The minimum absolute atomic E-state index is 0.171. The van der Waals surface area contributed by atoms with E-state index in [1.165, 1.54) is 27.7 Å². The van der Waals surface area contributed by atoms with Crippen molar-refractivity contribution >= 4 is 27.5 Å². The summed E-state index contributed by atoms with van der Waals surface area (Å²) in [5.74, 6) is 0.376. The topological polar surface area (TPSA) is 106 Å². The van der Waals surface area contributed by atoms with Crippen molar-refractivity contribution in [2.75, 3.05) is 12.8 Å². The monoisotopic (exact) mass is 502 g/mol. The number of piperidine rings is 1. The number of rotatable bonds is 5. The average molecular weight is 503 g/mol. The molecule has 1 fully saturated rings. The molecule has 3 aromatic rings. The zero-order valence-electron chi connectivity index (χ0n) is 18.3. The van der Waals surface area contributed by atoms with E-state index in [0.717, 1.165) is 6.26 Å². The Hall–Kier alpha value is -3.30. The third kappa shape index (κ3) is 5.10. The smallest absolute Gasteiger partial charge is 0.407 e. The molecular weight excluding hydrogens is 480 g/mol. The predicted octanol–water partition coefficient (Wildman–Crippen LogP) is 4.16. The molecule has 1 saturated heterocycles. The first-order chi connectivity index (χ1) is 16.1. The third-order valence-corrected chi connectivity index (χ3v) is 7.27. The van der Waals surface area contributed by atoms with Gasteiger partial charge in [0.15, 0.2) is 9.84 Å². The largest absolute Gasteiger partial charge is 0.490 e. The van der Waals surface area contributed by atoms with Gasteiger partial charge in [0, 0.05) is 48.6 Å². The molecule has 0 saturated carbocycles. The highest BCUT2D eigenvalue weighted by molar-refractivity contribution is 7.90. The van der Waals surface area contributed by atoms with Crippen molar-refractivity contribution in [2.45, 2.75) is 29.9 Å². The number of hydrogen-bond acceptors (Lipinski definition) is 5. The lowest BCUT2D eigenvalue weighted by molar-refractivity contribution is 0.0539. The van der Waals surface area contributed by atoms with Gasteiger partial charge < -0.3 is 14.7 Å². The molecule has 1 N–H and O–H groups in total. The fraction of sp³-hybridized carbons (Fsp3) is 0.250. The van der Waals surface area contributed by atoms with Crippen LogP contribution in [0.4, 0.5) is 4.79 Å². The second kappa shape index (κ2) is 9.52. The molecule has 0 spiro atoms. The quantitative estimate of drug-likeness (QED) is 0.561. The molecule has 2 atom stereocenters. The highest BCUT2D eigenvalue weighted by atomic mass is 35.5. The van der Waals surface area contributed by atoms with Crippen LogP contribution in [0.2, 0.25) is 5.02 Å². The van der Waals surface area contributed by atoms with Gasteiger partial charge >= 0.3 is 6.09 Å². The first kappa shape index (κ1) is 23.8. The Morgan fingerprint density at radius 1 is 1.12 bits per heavy atom. The van der Waals surface area contributed by atoms with Crippen molar-refractivity contribution in [3.05, 3.63) is 87.8 Å². The molecular formula is C24H23ClN2O6S. The molecule has 10 heteroatoms. The number of aromatic nitrogens is 1. The summed E-state index contributed by atoms with van der Waals surface area (Å²) in [6, 6.07) is 15.7. The van der Waals surface area contributed by atoms with E-state index in [9.17, 15) is 23.1 Å². The summed E-state index contributed by atoms with van der Waals surface area (Å²) in [5, 5.41) is 10.1. The van der Waals surface area contributed by atoms with Crippen LogP contribution in [0.1, 0.15) is 24.4 Å². The summed E-state index contributed by atoms with van der Waals surface area (Å²) in [6.45, 7) is 0.277. The Bertz CT molecular complexity index is 1370. The Kier molecular flexibility index (Phi) is 6.67. The second-order valence-corrected chi connectivity index (χ2v) is 10.5. The van der Waals surface area contributed by atoms with E-state index in [-0.39, 0.29) is 23.1 Å². The van der Waals surface area contributed by atoms with Crippen LogP contribution in [-0.2, 0) is 9.84 Å². The average Bonchev–Trinajstić information content (AvgIpc) is 2.79. The molecule has 0 radical (unpaired) electrons. The normalized spacial score (nSPS) is 18.5. The lowest BCUT2D eigenvalue weighted by Gasteiger charge is -2.38. The number of carboxylic acid groups (broad SMARTS) is 1. The van der Waals surface area contributed by atoms with Crippen LogP contribution in [0.5, 0.6) is 5.75 Å². The van der Waals surface area contributed by atoms with Crippen LogP contribution in [0.25, 0.3) is 5.69 Å². The second-order valence-electron chi connectivity index (χ2n) is 8.11. The number of halogens is 1. The minimum Gasteiger partial charge on any atom is -0.490 e. The molecule has 1 amide bonds.